The lowest BCUT2D eigenvalue weighted by atomic mass is 10.0. The topological polar surface area (TPSA) is 58.1 Å². The van der Waals surface area contributed by atoms with Crippen molar-refractivity contribution in [2.75, 3.05) is 18.4 Å². The molecular weight excluding hydrogens is 312 g/mol. The third-order valence-corrected chi connectivity index (χ3v) is 4.63. The normalized spacial score (nSPS) is 15.1. The second kappa shape index (κ2) is 8.10. The summed E-state index contributed by atoms with van der Waals surface area (Å²) in [6.07, 6.45) is 6.00. The molecule has 5 heteroatoms. The summed E-state index contributed by atoms with van der Waals surface area (Å²) in [5.41, 5.74) is 2.71. The Labute approximate surface area is 149 Å². The van der Waals surface area contributed by atoms with E-state index in [0.29, 0.717) is 17.4 Å². The van der Waals surface area contributed by atoms with Gasteiger partial charge in [-0.15, -0.1) is 0 Å². The van der Waals surface area contributed by atoms with Crippen molar-refractivity contribution in [3.63, 3.8) is 0 Å². The molecule has 0 aliphatic carbocycles. The molecule has 1 N–H and O–H groups in total. The number of aromatic nitrogens is 2. The predicted octanol–water partition coefficient (Wildman–Crippen LogP) is 4.36. The molecule has 0 atom stereocenters. The average molecular weight is 338 g/mol. The lowest BCUT2D eigenvalue weighted by Gasteiger charge is -2.19. The Bertz CT molecular complexity index is 704. The van der Waals surface area contributed by atoms with Crippen LogP contribution in [0.2, 0.25) is 0 Å². The minimum absolute atomic E-state index is 0.00232. The summed E-state index contributed by atoms with van der Waals surface area (Å²) in [7, 11) is 0. The first kappa shape index (κ1) is 17.4. The Kier molecular flexibility index (Phi) is 5.64. The second-order valence-corrected chi connectivity index (χ2v) is 6.90. The summed E-state index contributed by atoms with van der Waals surface area (Å²) >= 11 is 0. The van der Waals surface area contributed by atoms with Gasteiger partial charge in [-0.05, 0) is 36.5 Å². The molecule has 1 fully saturated rings. The Morgan fingerprint density at radius 2 is 1.72 bits per heavy atom. The fourth-order valence-corrected chi connectivity index (χ4v) is 3.08. The number of amides is 1. The molecule has 132 valence electrons. The highest BCUT2D eigenvalue weighted by atomic mass is 16.2. The Morgan fingerprint density at radius 1 is 1.04 bits per heavy atom. The van der Waals surface area contributed by atoms with E-state index in [-0.39, 0.29) is 5.91 Å². The zero-order chi connectivity index (χ0) is 17.6. The first-order valence-corrected chi connectivity index (χ1v) is 9.12. The number of benzene rings is 1. The van der Waals surface area contributed by atoms with Gasteiger partial charge in [0.25, 0.3) is 5.91 Å². The molecule has 25 heavy (non-hydrogen) atoms. The molecule has 0 radical (unpaired) electrons. The number of nitrogens with one attached hydrogen (secondary N) is 1. The molecule has 1 aliphatic heterocycles. The number of rotatable bonds is 4. The number of likely N-dealkylation sites (tertiary alicyclic amines) is 1. The second-order valence-electron chi connectivity index (χ2n) is 6.90. The maximum atomic E-state index is 12.7. The van der Waals surface area contributed by atoms with Crippen molar-refractivity contribution in [1.82, 2.24) is 14.9 Å². The molecule has 5 nitrogen and oxygen atoms in total. The number of carbonyl (C=O) groups is 1. The molecule has 0 bridgehead atoms. The van der Waals surface area contributed by atoms with Crippen LogP contribution < -0.4 is 5.32 Å². The molecule has 1 saturated heterocycles. The minimum Gasteiger partial charge on any atom is -0.340 e. The van der Waals surface area contributed by atoms with Crippen LogP contribution in [-0.2, 0) is 0 Å². The monoisotopic (exact) mass is 338 g/mol. The summed E-state index contributed by atoms with van der Waals surface area (Å²) in [6, 6.07) is 10.0. The molecule has 1 amide bonds. The highest BCUT2D eigenvalue weighted by molar-refractivity contribution is 5.93. The number of nitrogens with zero attached hydrogens (tertiary/aromatic N) is 3. The van der Waals surface area contributed by atoms with Gasteiger partial charge in [-0.3, -0.25) is 4.79 Å². The molecule has 1 aromatic heterocycles. The largest absolute Gasteiger partial charge is 0.340 e. The van der Waals surface area contributed by atoms with Crippen molar-refractivity contribution in [2.45, 2.75) is 45.4 Å². The minimum atomic E-state index is 0.00232. The molecule has 0 unspecified atom stereocenters. The highest BCUT2D eigenvalue weighted by Gasteiger charge is 2.19. The third-order valence-electron chi connectivity index (χ3n) is 4.63. The van der Waals surface area contributed by atoms with E-state index in [2.05, 4.69) is 41.3 Å². The van der Waals surface area contributed by atoms with Gasteiger partial charge < -0.3 is 10.2 Å². The van der Waals surface area contributed by atoms with Crippen LogP contribution in [0.5, 0.6) is 0 Å². The number of carbonyl (C=O) groups excluding carboxylic acids is 1. The van der Waals surface area contributed by atoms with E-state index in [1.807, 2.05) is 17.0 Å². The summed E-state index contributed by atoms with van der Waals surface area (Å²) in [4.78, 5) is 23.0. The zero-order valence-electron chi connectivity index (χ0n) is 15.0. The van der Waals surface area contributed by atoms with Crippen molar-refractivity contribution >= 4 is 17.4 Å². The molecule has 3 rings (SSSR count). The van der Waals surface area contributed by atoms with Crippen molar-refractivity contribution in [3.05, 3.63) is 47.9 Å². The maximum Gasteiger partial charge on any atom is 0.272 e. The van der Waals surface area contributed by atoms with Crippen LogP contribution in [0, 0.1) is 0 Å². The molecule has 0 spiro atoms. The summed E-state index contributed by atoms with van der Waals surface area (Å²) in [5.74, 6) is 1.15. The van der Waals surface area contributed by atoms with Crippen molar-refractivity contribution in [1.29, 1.82) is 0 Å². The molecule has 1 aliphatic rings. The van der Waals surface area contributed by atoms with E-state index in [4.69, 9.17) is 0 Å². The predicted molar refractivity (Wildman–Crippen MR) is 100 cm³/mol. The first-order chi connectivity index (χ1) is 12.1. The van der Waals surface area contributed by atoms with Gasteiger partial charge in [-0.1, -0.05) is 38.8 Å². The number of hydrogen-bond acceptors (Lipinski definition) is 4. The fraction of sp³-hybridized carbons (Fsp3) is 0.450. The van der Waals surface area contributed by atoms with Gasteiger partial charge in [0.05, 0.1) is 0 Å². The summed E-state index contributed by atoms with van der Waals surface area (Å²) in [6.45, 7) is 5.99. The van der Waals surface area contributed by atoms with Gasteiger partial charge in [0, 0.05) is 24.8 Å². The Morgan fingerprint density at radius 3 is 2.36 bits per heavy atom. The van der Waals surface area contributed by atoms with E-state index in [1.165, 1.54) is 24.7 Å². The van der Waals surface area contributed by atoms with Gasteiger partial charge in [0.1, 0.15) is 17.8 Å². The molecule has 1 aromatic carbocycles. The van der Waals surface area contributed by atoms with Crippen molar-refractivity contribution in [3.8, 4) is 0 Å². The van der Waals surface area contributed by atoms with E-state index < -0.39 is 0 Å². The van der Waals surface area contributed by atoms with Crippen LogP contribution in [0.25, 0.3) is 0 Å². The van der Waals surface area contributed by atoms with Crippen LogP contribution in [-0.4, -0.2) is 33.9 Å². The maximum absolute atomic E-state index is 12.7. The van der Waals surface area contributed by atoms with Crippen LogP contribution >= 0.6 is 0 Å². The summed E-state index contributed by atoms with van der Waals surface area (Å²) in [5, 5.41) is 3.26. The average Bonchev–Trinajstić information content (AvgIpc) is 2.91. The fourth-order valence-electron chi connectivity index (χ4n) is 3.08. The third kappa shape index (κ3) is 4.56. The zero-order valence-corrected chi connectivity index (χ0v) is 15.0. The van der Waals surface area contributed by atoms with E-state index >= 15 is 0 Å². The molecular formula is C20H26N4O. The molecule has 0 saturated carbocycles. The van der Waals surface area contributed by atoms with Gasteiger partial charge in [0.2, 0.25) is 0 Å². The van der Waals surface area contributed by atoms with Crippen LogP contribution in [0.4, 0.5) is 11.5 Å². The lowest BCUT2D eigenvalue weighted by molar-refractivity contribution is 0.0755. The van der Waals surface area contributed by atoms with E-state index in [9.17, 15) is 4.79 Å². The van der Waals surface area contributed by atoms with Gasteiger partial charge in [-0.2, -0.15) is 0 Å². The highest BCUT2D eigenvalue weighted by Crippen LogP contribution is 2.20. The molecule has 2 heterocycles. The first-order valence-electron chi connectivity index (χ1n) is 9.12. The van der Waals surface area contributed by atoms with Crippen molar-refractivity contribution in [2.24, 2.45) is 0 Å². The smallest absolute Gasteiger partial charge is 0.272 e. The Balaban J connectivity index is 1.71. The molecule has 2 aromatic rings. The van der Waals surface area contributed by atoms with Gasteiger partial charge >= 0.3 is 0 Å². The number of hydrogen-bond donors (Lipinski definition) is 1. The summed E-state index contributed by atoms with van der Waals surface area (Å²) < 4.78 is 0. The van der Waals surface area contributed by atoms with E-state index in [1.54, 1.807) is 6.07 Å². The number of anilines is 2. The van der Waals surface area contributed by atoms with Gasteiger partial charge in [0.15, 0.2) is 0 Å². The van der Waals surface area contributed by atoms with Crippen LogP contribution in [0.15, 0.2) is 36.7 Å². The SMILES string of the molecule is CC(C)c1ccc(Nc2cc(C(=O)N3CCCCCC3)ncn2)cc1. The van der Waals surface area contributed by atoms with Crippen molar-refractivity contribution < 1.29 is 4.79 Å². The lowest BCUT2D eigenvalue weighted by Crippen LogP contribution is -2.32. The van der Waals surface area contributed by atoms with E-state index in [0.717, 1.165) is 31.6 Å². The quantitative estimate of drug-likeness (QED) is 0.900. The Hall–Kier alpha value is -2.43. The van der Waals surface area contributed by atoms with Gasteiger partial charge in [-0.25, -0.2) is 9.97 Å². The standard InChI is InChI=1S/C20H26N4O/c1-15(2)16-7-9-17(10-8-16)23-19-13-18(21-14-22-19)20(25)24-11-5-3-4-6-12-24/h7-10,13-15H,3-6,11-12H2,1-2H3,(H,21,22,23). The van der Waals surface area contributed by atoms with Crippen LogP contribution in [0.1, 0.15) is 61.5 Å². The van der Waals surface area contributed by atoms with Crippen LogP contribution in [0.3, 0.4) is 0 Å².